The van der Waals surface area contributed by atoms with Gasteiger partial charge in [0.15, 0.2) is 0 Å². The van der Waals surface area contributed by atoms with Gasteiger partial charge in [0.2, 0.25) is 5.91 Å². The zero-order valence-corrected chi connectivity index (χ0v) is 13.5. The lowest BCUT2D eigenvalue weighted by molar-refractivity contribution is -0.131. The third-order valence-electron chi connectivity index (χ3n) is 3.40. The molecule has 5 heteroatoms. The van der Waals surface area contributed by atoms with Crippen LogP contribution < -0.4 is 5.32 Å². The van der Waals surface area contributed by atoms with Crippen LogP contribution in [0.15, 0.2) is 35.7 Å². The number of nitrogens with one attached hydrogen (secondary N) is 1. The van der Waals surface area contributed by atoms with Crippen LogP contribution in [0.1, 0.15) is 18.9 Å². The van der Waals surface area contributed by atoms with Gasteiger partial charge in [-0.25, -0.2) is 4.98 Å². The molecule has 1 aromatic carbocycles. The molecule has 1 amide bonds. The first kappa shape index (κ1) is 15.7. The fraction of sp³-hybridized carbons (Fsp3) is 0.375. The van der Waals surface area contributed by atoms with E-state index in [0.717, 1.165) is 22.8 Å². The Morgan fingerprint density at radius 3 is 2.76 bits per heavy atom. The van der Waals surface area contributed by atoms with E-state index in [1.165, 1.54) is 0 Å². The van der Waals surface area contributed by atoms with Gasteiger partial charge in [0.25, 0.3) is 0 Å². The van der Waals surface area contributed by atoms with Gasteiger partial charge >= 0.3 is 0 Å². The van der Waals surface area contributed by atoms with Gasteiger partial charge < -0.3 is 4.90 Å². The number of benzene rings is 1. The Morgan fingerprint density at radius 2 is 2.10 bits per heavy atom. The molecule has 1 atom stereocenters. The fourth-order valence-corrected chi connectivity index (χ4v) is 2.70. The molecule has 0 saturated heterocycles. The highest BCUT2D eigenvalue weighted by atomic mass is 32.1. The van der Waals surface area contributed by atoms with Gasteiger partial charge in [-0.2, -0.15) is 0 Å². The molecule has 4 nitrogen and oxygen atoms in total. The van der Waals surface area contributed by atoms with E-state index in [1.54, 1.807) is 16.2 Å². The second-order valence-electron chi connectivity index (χ2n) is 4.95. The summed E-state index contributed by atoms with van der Waals surface area (Å²) >= 11 is 1.61. The molecule has 0 aliphatic rings. The van der Waals surface area contributed by atoms with E-state index < -0.39 is 0 Å². The maximum absolute atomic E-state index is 12.0. The minimum absolute atomic E-state index is 0.109. The minimum atomic E-state index is -0.195. The summed E-state index contributed by atoms with van der Waals surface area (Å²) in [6, 6.07) is 9.92. The maximum atomic E-state index is 12.0. The van der Waals surface area contributed by atoms with E-state index in [9.17, 15) is 4.79 Å². The highest BCUT2D eigenvalue weighted by Crippen LogP contribution is 2.21. The molecule has 0 bridgehead atoms. The largest absolute Gasteiger partial charge is 0.345 e. The smallest absolute Gasteiger partial charge is 0.239 e. The molecule has 1 heterocycles. The maximum Gasteiger partial charge on any atom is 0.239 e. The SMILES string of the molecule is CCN(C)C(=O)C(C)NCc1nc(-c2ccccc2)cs1. The Kier molecular flexibility index (Phi) is 5.47. The third kappa shape index (κ3) is 4.12. The molecule has 0 radical (unpaired) electrons. The molecule has 112 valence electrons. The van der Waals surface area contributed by atoms with Crippen molar-refractivity contribution in [3.8, 4) is 11.3 Å². The van der Waals surface area contributed by atoms with Gasteiger partial charge in [-0.15, -0.1) is 11.3 Å². The third-order valence-corrected chi connectivity index (χ3v) is 4.25. The Hall–Kier alpha value is -1.72. The average Bonchev–Trinajstić information content (AvgIpc) is 3.01. The zero-order valence-electron chi connectivity index (χ0n) is 12.7. The van der Waals surface area contributed by atoms with Crippen molar-refractivity contribution in [1.82, 2.24) is 15.2 Å². The number of aromatic nitrogens is 1. The van der Waals surface area contributed by atoms with Crippen molar-refractivity contribution in [2.45, 2.75) is 26.4 Å². The van der Waals surface area contributed by atoms with Crippen LogP contribution in [0.5, 0.6) is 0 Å². The molecule has 1 aromatic heterocycles. The molecular formula is C16H21N3OS. The quantitative estimate of drug-likeness (QED) is 0.892. The van der Waals surface area contributed by atoms with Gasteiger partial charge in [-0.05, 0) is 13.8 Å². The monoisotopic (exact) mass is 303 g/mol. The number of hydrogen-bond acceptors (Lipinski definition) is 4. The summed E-state index contributed by atoms with van der Waals surface area (Å²) in [4.78, 5) is 18.3. The Bertz CT molecular complexity index is 582. The lowest BCUT2D eigenvalue weighted by Crippen LogP contribution is -2.42. The molecule has 2 aromatic rings. The first-order valence-electron chi connectivity index (χ1n) is 7.10. The van der Waals surface area contributed by atoms with Crippen LogP contribution in [0.3, 0.4) is 0 Å². The predicted molar refractivity (Wildman–Crippen MR) is 87.2 cm³/mol. The summed E-state index contributed by atoms with van der Waals surface area (Å²) in [5.41, 5.74) is 2.11. The topological polar surface area (TPSA) is 45.2 Å². The number of carbonyl (C=O) groups is 1. The lowest BCUT2D eigenvalue weighted by Gasteiger charge is -2.20. The van der Waals surface area contributed by atoms with Gasteiger partial charge in [0.1, 0.15) is 5.01 Å². The van der Waals surface area contributed by atoms with Crippen molar-refractivity contribution in [3.63, 3.8) is 0 Å². The van der Waals surface area contributed by atoms with Crippen molar-refractivity contribution >= 4 is 17.2 Å². The van der Waals surface area contributed by atoms with Gasteiger partial charge in [0, 0.05) is 31.1 Å². The highest BCUT2D eigenvalue weighted by molar-refractivity contribution is 7.09. The van der Waals surface area contributed by atoms with E-state index in [-0.39, 0.29) is 11.9 Å². The standard InChI is InChI=1S/C16H21N3OS/c1-4-19(3)16(20)12(2)17-10-15-18-14(11-21-15)13-8-6-5-7-9-13/h5-9,11-12,17H,4,10H2,1-3H3. The number of carbonyl (C=O) groups excluding carboxylic acids is 1. The number of likely N-dealkylation sites (N-methyl/N-ethyl adjacent to an activating group) is 1. The predicted octanol–water partition coefficient (Wildman–Crippen LogP) is 2.77. The normalized spacial score (nSPS) is 12.1. The van der Waals surface area contributed by atoms with Crippen molar-refractivity contribution in [1.29, 1.82) is 0 Å². The van der Waals surface area contributed by atoms with Crippen molar-refractivity contribution in [2.75, 3.05) is 13.6 Å². The number of nitrogens with zero attached hydrogens (tertiary/aromatic N) is 2. The van der Waals surface area contributed by atoms with Gasteiger partial charge in [-0.3, -0.25) is 10.1 Å². The summed E-state index contributed by atoms with van der Waals surface area (Å²) in [5, 5.41) is 6.28. The van der Waals surface area contributed by atoms with E-state index in [1.807, 2.05) is 39.1 Å². The number of hydrogen-bond donors (Lipinski definition) is 1. The van der Waals surface area contributed by atoms with E-state index in [0.29, 0.717) is 6.54 Å². The molecule has 1 unspecified atom stereocenters. The van der Waals surface area contributed by atoms with Crippen LogP contribution in [0.2, 0.25) is 0 Å². The van der Waals surface area contributed by atoms with Crippen molar-refractivity contribution < 1.29 is 4.79 Å². The summed E-state index contributed by atoms with van der Waals surface area (Å²) < 4.78 is 0. The molecule has 2 rings (SSSR count). The Balaban J connectivity index is 1.93. The number of rotatable bonds is 6. The van der Waals surface area contributed by atoms with E-state index in [2.05, 4.69) is 27.8 Å². The second kappa shape index (κ2) is 7.33. The Morgan fingerprint density at radius 1 is 1.38 bits per heavy atom. The lowest BCUT2D eigenvalue weighted by atomic mass is 10.2. The van der Waals surface area contributed by atoms with Gasteiger partial charge in [-0.1, -0.05) is 30.3 Å². The Labute approximate surface area is 129 Å². The van der Waals surface area contributed by atoms with Crippen molar-refractivity contribution in [3.05, 3.63) is 40.7 Å². The van der Waals surface area contributed by atoms with Crippen molar-refractivity contribution in [2.24, 2.45) is 0 Å². The summed E-state index contributed by atoms with van der Waals surface area (Å²) in [6.45, 7) is 5.19. The van der Waals surface area contributed by atoms with E-state index >= 15 is 0 Å². The van der Waals surface area contributed by atoms with Crippen LogP contribution in [-0.4, -0.2) is 35.4 Å². The van der Waals surface area contributed by atoms with Crippen LogP contribution in [0, 0.1) is 0 Å². The number of thiazole rings is 1. The first-order valence-corrected chi connectivity index (χ1v) is 7.98. The van der Waals surface area contributed by atoms with Crippen LogP contribution >= 0.6 is 11.3 Å². The molecule has 0 fully saturated rings. The highest BCUT2D eigenvalue weighted by Gasteiger charge is 2.16. The second-order valence-corrected chi connectivity index (χ2v) is 5.89. The number of amides is 1. The van der Waals surface area contributed by atoms with Gasteiger partial charge in [0.05, 0.1) is 11.7 Å². The van der Waals surface area contributed by atoms with Crippen LogP contribution in [0.4, 0.5) is 0 Å². The summed E-state index contributed by atoms with van der Waals surface area (Å²) in [7, 11) is 1.82. The molecule has 0 aliphatic carbocycles. The summed E-state index contributed by atoms with van der Waals surface area (Å²) in [5.74, 6) is 0.109. The minimum Gasteiger partial charge on any atom is -0.345 e. The zero-order chi connectivity index (χ0) is 15.2. The van der Waals surface area contributed by atoms with Crippen LogP contribution in [-0.2, 0) is 11.3 Å². The average molecular weight is 303 g/mol. The molecule has 0 saturated carbocycles. The molecule has 0 aliphatic heterocycles. The fourth-order valence-electron chi connectivity index (χ4n) is 1.95. The summed E-state index contributed by atoms with van der Waals surface area (Å²) in [6.07, 6.45) is 0. The molecule has 21 heavy (non-hydrogen) atoms. The molecule has 1 N–H and O–H groups in total. The van der Waals surface area contributed by atoms with E-state index in [4.69, 9.17) is 0 Å². The first-order chi connectivity index (χ1) is 10.1. The molecule has 0 spiro atoms. The molecular weight excluding hydrogens is 282 g/mol. The van der Waals surface area contributed by atoms with Crippen LogP contribution in [0.25, 0.3) is 11.3 Å².